The molecule has 0 rings (SSSR count). The summed E-state index contributed by atoms with van der Waals surface area (Å²) < 4.78 is 8.92. The average Bonchev–Trinajstić information content (AvgIpc) is 2.21. The second-order valence-corrected chi connectivity index (χ2v) is 8.86. The molecule has 0 aromatic heterocycles. The van der Waals surface area contributed by atoms with E-state index in [2.05, 4.69) is 26.3 Å². The van der Waals surface area contributed by atoms with Crippen molar-refractivity contribution < 1.29 is 19.1 Å². The van der Waals surface area contributed by atoms with Gasteiger partial charge in [0.05, 0.1) is 14.2 Å². The van der Waals surface area contributed by atoms with Crippen LogP contribution in [0.1, 0.15) is 0 Å². The van der Waals surface area contributed by atoms with Crippen molar-refractivity contribution in [1.82, 2.24) is 5.32 Å². The molecule has 1 atom stereocenters. The maximum Gasteiger partial charge on any atom is 0.408 e. The van der Waals surface area contributed by atoms with Gasteiger partial charge in [-0.25, -0.2) is 9.59 Å². The molecule has 0 spiro atoms. The lowest BCUT2D eigenvalue weighted by molar-refractivity contribution is -0.141. The first-order chi connectivity index (χ1) is 7.30. The summed E-state index contributed by atoms with van der Waals surface area (Å²) in [6.45, 7) is 6.10. The number of rotatable bonds is 2. The summed E-state index contributed by atoms with van der Waals surface area (Å²) >= 11 is 0. The third-order valence-electron chi connectivity index (χ3n) is 1.48. The molecule has 0 saturated carbocycles. The maximum absolute atomic E-state index is 11.3. The van der Waals surface area contributed by atoms with Gasteiger partial charge in [0.15, 0.2) is 6.04 Å². The van der Waals surface area contributed by atoms with Gasteiger partial charge in [-0.2, -0.15) is 0 Å². The van der Waals surface area contributed by atoms with E-state index >= 15 is 0 Å². The van der Waals surface area contributed by atoms with Crippen LogP contribution in [0.5, 0.6) is 0 Å². The van der Waals surface area contributed by atoms with Crippen molar-refractivity contribution >= 4 is 20.1 Å². The highest BCUT2D eigenvalue weighted by Gasteiger charge is 2.20. The topological polar surface area (TPSA) is 64.6 Å². The zero-order chi connectivity index (χ0) is 12.8. The Morgan fingerprint density at radius 3 is 2.12 bits per heavy atom. The number of methoxy groups -OCH3 is 2. The Balaban J connectivity index is 4.74. The zero-order valence-electron chi connectivity index (χ0n) is 10.2. The molecular formula is C10H17NO4Si. The molecule has 6 heteroatoms. The van der Waals surface area contributed by atoms with Gasteiger partial charge in [0.1, 0.15) is 8.07 Å². The van der Waals surface area contributed by atoms with Crippen LogP contribution in [0.2, 0.25) is 19.6 Å². The summed E-state index contributed by atoms with van der Waals surface area (Å²) in [5.74, 6) is 2.10. The Kier molecular flexibility index (Phi) is 5.60. The molecule has 0 radical (unpaired) electrons. The summed E-state index contributed by atoms with van der Waals surface area (Å²) in [5.41, 5.74) is 2.98. The third kappa shape index (κ3) is 6.09. The van der Waals surface area contributed by atoms with Gasteiger partial charge in [-0.3, -0.25) is 5.32 Å². The smallest absolute Gasteiger partial charge is 0.408 e. The van der Waals surface area contributed by atoms with E-state index in [4.69, 9.17) is 0 Å². The standard InChI is InChI=1S/C10H17NO4Si/c1-14-9(12)8(11-10(13)15-2)6-7-16(3,4)5/h8H,1-5H3,(H,11,13)/t8-/m0/s1. The Bertz CT molecular complexity index is 324. The van der Waals surface area contributed by atoms with Gasteiger partial charge in [0.25, 0.3) is 0 Å². The van der Waals surface area contributed by atoms with Gasteiger partial charge in [0, 0.05) is 0 Å². The summed E-state index contributed by atoms with van der Waals surface area (Å²) in [6, 6.07) is -0.968. The van der Waals surface area contributed by atoms with E-state index in [1.54, 1.807) is 0 Å². The van der Waals surface area contributed by atoms with E-state index in [0.29, 0.717) is 0 Å². The molecule has 0 aromatic rings. The van der Waals surface area contributed by atoms with Crippen LogP contribution in [0.15, 0.2) is 0 Å². The van der Waals surface area contributed by atoms with Crippen LogP contribution < -0.4 is 5.32 Å². The van der Waals surface area contributed by atoms with Crippen molar-refractivity contribution in [3.05, 3.63) is 0 Å². The number of nitrogens with one attached hydrogen (secondary N) is 1. The number of alkyl carbamates (subject to hydrolysis) is 1. The molecule has 0 aliphatic heterocycles. The van der Waals surface area contributed by atoms with E-state index in [0.717, 1.165) is 0 Å². The quantitative estimate of drug-likeness (QED) is 0.442. The second kappa shape index (κ2) is 6.18. The largest absolute Gasteiger partial charge is 0.467 e. The predicted molar refractivity (Wildman–Crippen MR) is 62.5 cm³/mol. The number of carbonyl (C=O) groups excluding carboxylic acids is 2. The number of hydrogen-bond donors (Lipinski definition) is 1. The van der Waals surface area contributed by atoms with Crippen molar-refractivity contribution in [2.75, 3.05) is 14.2 Å². The molecule has 0 bridgehead atoms. The highest BCUT2D eigenvalue weighted by Crippen LogP contribution is 1.97. The second-order valence-electron chi connectivity index (χ2n) is 4.11. The fraction of sp³-hybridized carbons (Fsp3) is 0.600. The molecule has 16 heavy (non-hydrogen) atoms. The first kappa shape index (κ1) is 14.5. The van der Waals surface area contributed by atoms with Gasteiger partial charge in [-0.1, -0.05) is 25.6 Å². The van der Waals surface area contributed by atoms with Crippen molar-refractivity contribution in [2.45, 2.75) is 25.7 Å². The molecule has 0 saturated heterocycles. The van der Waals surface area contributed by atoms with Gasteiger partial charge >= 0.3 is 12.1 Å². The van der Waals surface area contributed by atoms with Crippen LogP contribution in [0.25, 0.3) is 0 Å². The monoisotopic (exact) mass is 243 g/mol. The highest BCUT2D eigenvalue weighted by atomic mass is 28.3. The third-order valence-corrected chi connectivity index (χ3v) is 2.37. The lowest BCUT2D eigenvalue weighted by Gasteiger charge is -2.11. The number of carbonyl (C=O) groups is 2. The molecule has 0 aromatic carbocycles. The summed E-state index contributed by atoms with van der Waals surface area (Å²) in [7, 11) is 0.858. The highest BCUT2D eigenvalue weighted by molar-refractivity contribution is 6.83. The molecule has 1 amide bonds. The van der Waals surface area contributed by atoms with Crippen molar-refractivity contribution in [1.29, 1.82) is 0 Å². The van der Waals surface area contributed by atoms with Gasteiger partial charge in [-0.05, 0) is 0 Å². The Morgan fingerprint density at radius 2 is 1.75 bits per heavy atom. The van der Waals surface area contributed by atoms with Gasteiger partial charge in [-0.15, -0.1) is 5.54 Å². The lowest BCUT2D eigenvalue weighted by atomic mass is 10.3. The maximum atomic E-state index is 11.3. The minimum absolute atomic E-state index is 0.601. The Labute approximate surface area is 96.5 Å². The van der Waals surface area contributed by atoms with Crippen LogP contribution in [0.3, 0.4) is 0 Å². The summed E-state index contributed by atoms with van der Waals surface area (Å²) in [4.78, 5) is 22.3. The normalized spacial score (nSPS) is 11.8. The first-order valence-electron chi connectivity index (χ1n) is 4.75. The van der Waals surface area contributed by atoms with E-state index in [1.807, 2.05) is 19.6 Å². The number of esters is 1. The number of ether oxygens (including phenoxy) is 2. The van der Waals surface area contributed by atoms with Crippen molar-refractivity contribution in [2.24, 2.45) is 0 Å². The molecule has 1 N–H and O–H groups in total. The van der Waals surface area contributed by atoms with E-state index in [9.17, 15) is 9.59 Å². The Morgan fingerprint density at radius 1 is 1.19 bits per heavy atom. The predicted octanol–water partition coefficient (Wildman–Crippen LogP) is 0.765. The number of hydrogen-bond acceptors (Lipinski definition) is 4. The molecule has 0 aliphatic carbocycles. The van der Waals surface area contributed by atoms with Crippen LogP contribution in [-0.4, -0.2) is 40.4 Å². The fourth-order valence-electron chi connectivity index (χ4n) is 0.737. The molecule has 90 valence electrons. The van der Waals surface area contributed by atoms with E-state index < -0.39 is 26.2 Å². The summed E-state index contributed by atoms with van der Waals surface area (Å²) in [6.07, 6.45) is -0.708. The van der Waals surface area contributed by atoms with Crippen LogP contribution in [-0.2, 0) is 14.3 Å². The van der Waals surface area contributed by atoms with Crippen LogP contribution >= 0.6 is 0 Å². The van der Waals surface area contributed by atoms with Gasteiger partial charge < -0.3 is 9.47 Å². The van der Waals surface area contributed by atoms with Crippen molar-refractivity contribution in [3.8, 4) is 11.5 Å². The molecule has 0 fully saturated rings. The molecule has 0 aliphatic rings. The van der Waals surface area contributed by atoms with E-state index in [-0.39, 0.29) is 0 Å². The summed E-state index contributed by atoms with van der Waals surface area (Å²) in [5, 5.41) is 2.30. The van der Waals surface area contributed by atoms with Crippen LogP contribution in [0.4, 0.5) is 4.79 Å². The minimum atomic E-state index is -1.60. The zero-order valence-corrected chi connectivity index (χ0v) is 11.2. The lowest BCUT2D eigenvalue weighted by Crippen LogP contribution is -2.40. The van der Waals surface area contributed by atoms with Crippen LogP contribution in [0, 0.1) is 11.5 Å². The molecule has 0 heterocycles. The van der Waals surface area contributed by atoms with E-state index in [1.165, 1.54) is 14.2 Å². The molecule has 5 nitrogen and oxygen atoms in total. The average molecular weight is 243 g/mol. The molecule has 0 unspecified atom stereocenters. The minimum Gasteiger partial charge on any atom is -0.467 e. The SMILES string of the molecule is COC(=O)N[C@@H](C#C[Si](C)(C)C)C(=O)OC. The Hall–Kier alpha value is -1.48. The first-order valence-corrected chi connectivity index (χ1v) is 8.25. The van der Waals surface area contributed by atoms with Crippen molar-refractivity contribution in [3.63, 3.8) is 0 Å². The number of amides is 1. The fourth-order valence-corrected chi connectivity index (χ4v) is 1.31. The molecular weight excluding hydrogens is 226 g/mol. The van der Waals surface area contributed by atoms with Gasteiger partial charge in [0.2, 0.25) is 0 Å².